The minimum absolute atomic E-state index is 0.689. The van der Waals surface area contributed by atoms with E-state index in [0.717, 1.165) is 44.8 Å². The van der Waals surface area contributed by atoms with Gasteiger partial charge in [0.1, 0.15) is 0 Å². The van der Waals surface area contributed by atoms with Crippen LogP contribution in [-0.4, -0.2) is 15.0 Å². The van der Waals surface area contributed by atoms with Crippen LogP contribution in [0.1, 0.15) is 0 Å². The molecule has 0 fully saturated rings. The van der Waals surface area contributed by atoms with E-state index in [1.165, 1.54) is 59.8 Å². The molecule has 11 rings (SSSR count). The van der Waals surface area contributed by atoms with Crippen molar-refractivity contribution in [2.75, 3.05) is 0 Å². The number of fused-ring (bicyclic) bond motifs is 1. The van der Waals surface area contributed by atoms with E-state index in [-0.39, 0.29) is 0 Å². The van der Waals surface area contributed by atoms with Crippen molar-refractivity contribution in [3.63, 3.8) is 0 Å². The summed E-state index contributed by atoms with van der Waals surface area (Å²) in [5.74, 6) is 0.689. The van der Waals surface area contributed by atoms with Crippen LogP contribution in [0.4, 0.5) is 0 Å². The molecule has 0 amide bonds. The fourth-order valence-electron chi connectivity index (χ4n) is 8.32. The van der Waals surface area contributed by atoms with Gasteiger partial charge in [0.15, 0.2) is 5.82 Å². The summed E-state index contributed by atoms with van der Waals surface area (Å²) >= 11 is 0. The lowest BCUT2D eigenvalue weighted by molar-refractivity contribution is 1.18. The molecular weight excluding hydrogens is 679 g/mol. The number of aromatic nitrogens is 3. The average molecular weight is 712 g/mol. The van der Waals surface area contributed by atoms with E-state index in [0.29, 0.717) is 5.82 Å². The van der Waals surface area contributed by atoms with Gasteiger partial charge in [-0.25, -0.2) is 9.97 Å². The maximum atomic E-state index is 5.21. The van der Waals surface area contributed by atoms with Crippen LogP contribution in [0.25, 0.3) is 110 Å². The van der Waals surface area contributed by atoms with Gasteiger partial charge in [0.25, 0.3) is 0 Å². The summed E-state index contributed by atoms with van der Waals surface area (Å²) in [4.78, 5) is 14.7. The quantitative estimate of drug-likeness (QED) is 0.161. The Balaban J connectivity index is 1.000. The lowest BCUT2D eigenvalue weighted by Crippen LogP contribution is -1.96. The summed E-state index contributed by atoms with van der Waals surface area (Å²) in [6, 6.07) is 67.3. The molecule has 260 valence electrons. The molecule has 0 unspecified atom stereocenters. The van der Waals surface area contributed by atoms with Gasteiger partial charge in [0, 0.05) is 29.1 Å². The number of rotatable bonds is 6. The topological polar surface area (TPSA) is 38.7 Å². The second-order valence-corrected chi connectivity index (χ2v) is 14.4. The van der Waals surface area contributed by atoms with Gasteiger partial charge in [0.05, 0.1) is 11.4 Å². The highest BCUT2D eigenvalue weighted by Crippen LogP contribution is 2.40. The lowest BCUT2D eigenvalue weighted by Gasteiger charge is -2.14. The van der Waals surface area contributed by atoms with E-state index in [4.69, 9.17) is 9.97 Å². The molecule has 0 aliphatic carbocycles. The van der Waals surface area contributed by atoms with Crippen molar-refractivity contribution >= 4 is 43.1 Å². The van der Waals surface area contributed by atoms with Crippen molar-refractivity contribution in [2.45, 2.75) is 0 Å². The zero-order valence-electron chi connectivity index (χ0n) is 30.4. The number of hydrogen-bond acceptors (Lipinski definition) is 3. The molecule has 0 saturated carbocycles. The summed E-state index contributed by atoms with van der Waals surface area (Å²) in [5.41, 5.74) is 11.8. The highest BCUT2D eigenvalue weighted by atomic mass is 14.9. The van der Waals surface area contributed by atoms with Gasteiger partial charge in [-0.3, -0.25) is 4.98 Å². The molecule has 11 aromatic rings. The number of benzene rings is 9. The van der Waals surface area contributed by atoms with Crippen molar-refractivity contribution in [3.05, 3.63) is 200 Å². The summed E-state index contributed by atoms with van der Waals surface area (Å²) in [5, 5.41) is 10.2. The zero-order valence-corrected chi connectivity index (χ0v) is 30.4. The minimum Gasteiger partial charge on any atom is -0.264 e. The summed E-state index contributed by atoms with van der Waals surface area (Å²) in [6.45, 7) is 0. The van der Waals surface area contributed by atoms with Crippen LogP contribution in [0.3, 0.4) is 0 Å². The standard InChI is InChI=1S/C53H33N3/c1-2-11-45-35(6-1)7-4-12-46(45)36-17-25-43(26-18-36)53-55-49(38-19-13-34(14-20-38)44-10-5-31-54-33-44)32-50(56-53)39-21-15-37(16-22-39)47-29-27-42-24-23-40-8-3-9-41-28-30-48(47)52(42)51(40)41/h1-33H. The molecule has 0 saturated heterocycles. The maximum Gasteiger partial charge on any atom is 0.160 e. The van der Waals surface area contributed by atoms with E-state index < -0.39 is 0 Å². The van der Waals surface area contributed by atoms with Crippen molar-refractivity contribution in [3.8, 4) is 67.3 Å². The van der Waals surface area contributed by atoms with E-state index >= 15 is 0 Å². The first kappa shape index (κ1) is 32.0. The van der Waals surface area contributed by atoms with Gasteiger partial charge < -0.3 is 0 Å². The zero-order chi connectivity index (χ0) is 37.0. The van der Waals surface area contributed by atoms with Gasteiger partial charge in [-0.15, -0.1) is 0 Å². The van der Waals surface area contributed by atoms with Crippen molar-refractivity contribution in [1.82, 2.24) is 15.0 Å². The molecule has 0 aliphatic rings. The van der Waals surface area contributed by atoms with Crippen LogP contribution in [0.5, 0.6) is 0 Å². The molecule has 3 heteroatoms. The predicted octanol–water partition coefficient (Wildman–Crippen LogP) is 13.9. The highest BCUT2D eigenvalue weighted by Gasteiger charge is 2.15. The fraction of sp³-hybridized carbons (Fsp3) is 0. The molecule has 9 aromatic carbocycles. The largest absolute Gasteiger partial charge is 0.264 e. The van der Waals surface area contributed by atoms with E-state index in [1.54, 1.807) is 6.20 Å². The SMILES string of the molecule is c1cncc(-c2ccc(-c3cc(-c4ccc(-c5ccc6ccc7cccc8ccc5c6c78)cc4)nc(-c4ccc(-c5cccc6ccccc56)cc4)n3)cc2)c1. The first-order valence-corrected chi connectivity index (χ1v) is 19.0. The molecule has 0 atom stereocenters. The second kappa shape index (κ2) is 13.1. The van der Waals surface area contributed by atoms with Gasteiger partial charge in [-0.2, -0.15) is 0 Å². The van der Waals surface area contributed by atoms with E-state index in [2.05, 4.69) is 187 Å². The van der Waals surface area contributed by atoms with Crippen molar-refractivity contribution < 1.29 is 0 Å². The smallest absolute Gasteiger partial charge is 0.160 e. The molecule has 0 aliphatic heterocycles. The van der Waals surface area contributed by atoms with Gasteiger partial charge >= 0.3 is 0 Å². The maximum absolute atomic E-state index is 5.21. The molecule has 0 spiro atoms. The van der Waals surface area contributed by atoms with Crippen LogP contribution >= 0.6 is 0 Å². The Hall–Kier alpha value is -7.49. The average Bonchev–Trinajstić information content (AvgIpc) is 3.28. The predicted molar refractivity (Wildman–Crippen MR) is 234 cm³/mol. The van der Waals surface area contributed by atoms with E-state index in [9.17, 15) is 0 Å². The summed E-state index contributed by atoms with van der Waals surface area (Å²) in [7, 11) is 0. The van der Waals surface area contributed by atoms with Crippen LogP contribution in [0, 0.1) is 0 Å². The first-order chi connectivity index (χ1) is 27.7. The van der Waals surface area contributed by atoms with E-state index in [1.807, 2.05) is 12.3 Å². The number of nitrogens with zero attached hydrogens (tertiary/aromatic N) is 3. The van der Waals surface area contributed by atoms with Gasteiger partial charge in [-0.1, -0.05) is 176 Å². The Morgan fingerprint density at radius 2 is 0.839 bits per heavy atom. The second-order valence-electron chi connectivity index (χ2n) is 14.4. The Bertz CT molecular complexity index is 3180. The third-order valence-corrected chi connectivity index (χ3v) is 11.2. The fourth-order valence-corrected chi connectivity index (χ4v) is 8.32. The Labute approximate surface area is 324 Å². The third kappa shape index (κ3) is 5.49. The van der Waals surface area contributed by atoms with Crippen LogP contribution in [-0.2, 0) is 0 Å². The molecule has 56 heavy (non-hydrogen) atoms. The Morgan fingerprint density at radius 3 is 1.54 bits per heavy atom. The molecule has 2 heterocycles. The third-order valence-electron chi connectivity index (χ3n) is 11.2. The molecule has 0 bridgehead atoms. The Kier molecular flexibility index (Phi) is 7.49. The van der Waals surface area contributed by atoms with Crippen molar-refractivity contribution in [2.24, 2.45) is 0 Å². The van der Waals surface area contributed by atoms with Crippen LogP contribution in [0.2, 0.25) is 0 Å². The summed E-state index contributed by atoms with van der Waals surface area (Å²) < 4.78 is 0. The lowest BCUT2D eigenvalue weighted by atomic mass is 9.89. The normalized spacial score (nSPS) is 11.6. The van der Waals surface area contributed by atoms with Crippen LogP contribution < -0.4 is 0 Å². The van der Waals surface area contributed by atoms with Crippen LogP contribution in [0.15, 0.2) is 200 Å². The molecule has 0 radical (unpaired) electrons. The Morgan fingerprint density at radius 1 is 0.304 bits per heavy atom. The summed E-state index contributed by atoms with van der Waals surface area (Å²) in [6.07, 6.45) is 3.69. The minimum atomic E-state index is 0.689. The molecule has 0 N–H and O–H groups in total. The molecule has 3 nitrogen and oxygen atoms in total. The van der Waals surface area contributed by atoms with Gasteiger partial charge in [-0.05, 0) is 88.6 Å². The monoisotopic (exact) mass is 711 g/mol. The first-order valence-electron chi connectivity index (χ1n) is 19.0. The molecule has 2 aromatic heterocycles. The molecular formula is C53H33N3. The number of hydrogen-bond donors (Lipinski definition) is 0. The van der Waals surface area contributed by atoms with Gasteiger partial charge in [0.2, 0.25) is 0 Å². The number of pyridine rings is 1. The highest BCUT2D eigenvalue weighted by molar-refractivity contribution is 6.25. The van der Waals surface area contributed by atoms with Crippen molar-refractivity contribution in [1.29, 1.82) is 0 Å².